The van der Waals surface area contributed by atoms with E-state index in [0.717, 1.165) is 10.1 Å². The van der Waals surface area contributed by atoms with Gasteiger partial charge < -0.3 is 5.11 Å². The van der Waals surface area contributed by atoms with Crippen LogP contribution in [-0.4, -0.2) is 16.9 Å². The van der Waals surface area contributed by atoms with E-state index < -0.39 is 11.9 Å². The topological polar surface area (TPSA) is 54.4 Å². The molecule has 1 N–H and O–H groups in total. The molecule has 0 saturated heterocycles. The Labute approximate surface area is 103 Å². The molecule has 17 heavy (non-hydrogen) atoms. The van der Waals surface area contributed by atoms with Gasteiger partial charge in [-0.25, -0.2) is 0 Å². The van der Waals surface area contributed by atoms with E-state index >= 15 is 0 Å². The summed E-state index contributed by atoms with van der Waals surface area (Å²) in [5.41, 5.74) is 0.638. The molecule has 0 spiro atoms. The molecule has 1 aromatic carbocycles. The summed E-state index contributed by atoms with van der Waals surface area (Å²) in [5.74, 6) is -1.67. The maximum atomic E-state index is 12.0. The van der Waals surface area contributed by atoms with Crippen LogP contribution in [0.4, 0.5) is 0 Å². The first-order valence-electron chi connectivity index (χ1n) is 5.32. The van der Waals surface area contributed by atoms with Gasteiger partial charge in [0.05, 0.1) is 5.92 Å². The van der Waals surface area contributed by atoms with Crippen molar-refractivity contribution in [3.63, 3.8) is 0 Å². The molecule has 0 aliphatic heterocycles. The summed E-state index contributed by atoms with van der Waals surface area (Å²) < 4.78 is 1.05. The lowest BCUT2D eigenvalue weighted by Gasteiger charge is -2.04. The minimum atomic E-state index is -0.933. The summed E-state index contributed by atoms with van der Waals surface area (Å²) >= 11 is 1.51. The van der Waals surface area contributed by atoms with Crippen LogP contribution in [0, 0.1) is 5.92 Å². The predicted molar refractivity (Wildman–Crippen MR) is 67.6 cm³/mol. The minimum absolute atomic E-state index is 0.0516. The SMILES string of the molecule is CC(CC(=O)c1csc2ccccc12)C(=O)O. The van der Waals surface area contributed by atoms with Crippen LogP contribution >= 0.6 is 11.3 Å². The molecule has 88 valence electrons. The van der Waals surface area contributed by atoms with Gasteiger partial charge in [-0.3, -0.25) is 9.59 Å². The molecule has 2 rings (SSSR count). The lowest BCUT2D eigenvalue weighted by Crippen LogP contribution is -2.14. The molecular formula is C13H12O3S. The number of carbonyl (C=O) groups is 2. The van der Waals surface area contributed by atoms with E-state index in [1.807, 2.05) is 29.6 Å². The third kappa shape index (κ3) is 2.36. The lowest BCUT2D eigenvalue weighted by molar-refractivity contribution is -0.141. The molecule has 0 aliphatic rings. The van der Waals surface area contributed by atoms with Crippen molar-refractivity contribution in [3.8, 4) is 0 Å². The van der Waals surface area contributed by atoms with E-state index in [-0.39, 0.29) is 12.2 Å². The van der Waals surface area contributed by atoms with Crippen molar-refractivity contribution in [2.75, 3.05) is 0 Å². The number of carboxylic acid groups (broad SMARTS) is 1. The Bertz CT molecular complexity index is 571. The Kier molecular flexibility index (Phi) is 3.24. The first-order valence-corrected chi connectivity index (χ1v) is 6.20. The van der Waals surface area contributed by atoms with Crippen LogP contribution in [0.2, 0.25) is 0 Å². The largest absolute Gasteiger partial charge is 0.481 e. The van der Waals surface area contributed by atoms with E-state index in [1.54, 1.807) is 6.92 Å². The van der Waals surface area contributed by atoms with Crippen molar-refractivity contribution in [3.05, 3.63) is 35.2 Å². The third-order valence-corrected chi connectivity index (χ3v) is 3.66. The van der Waals surface area contributed by atoms with Gasteiger partial charge in [-0.1, -0.05) is 25.1 Å². The maximum absolute atomic E-state index is 12.0. The Balaban J connectivity index is 2.28. The number of Topliss-reactive ketones (excluding diaryl/α,β-unsaturated/α-hetero) is 1. The average molecular weight is 248 g/mol. The minimum Gasteiger partial charge on any atom is -0.481 e. The van der Waals surface area contributed by atoms with Gasteiger partial charge in [0.1, 0.15) is 0 Å². The second-order valence-corrected chi connectivity index (χ2v) is 4.92. The number of carboxylic acids is 1. The van der Waals surface area contributed by atoms with Crippen LogP contribution in [0.25, 0.3) is 10.1 Å². The molecule has 0 fully saturated rings. The number of thiophene rings is 1. The number of benzene rings is 1. The zero-order valence-corrected chi connectivity index (χ0v) is 10.2. The summed E-state index contributed by atoms with van der Waals surface area (Å²) in [7, 11) is 0. The molecule has 2 aromatic rings. The number of aliphatic carboxylic acids is 1. The van der Waals surface area contributed by atoms with E-state index in [2.05, 4.69) is 0 Å². The highest BCUT2D eigenvalue weighted by molar-refractivity contribution is 7.17. The van der Waals surface area contributed by atoms with Gasteiger partial charge in [0, 0.05) is 27.5 Å². The fourth-order valence-electron chi connectivity index (χ4n) is 1.67. The fourth-order valence-corrected chi connectivity index (χ4v) is 2.63. The molecule has 1 atom stereocenters. The van der Waals surface area contributed by atoms with Crippen molar-refractivity contribution in [2.24, 2.45) is 5.92 Å². The van der Waals surface area contributed by atoms with Crippen LogP contribution in [0.15, 0.2) is 29.6 Å². The van der Waals surface area contributed by atoms with Gasteiger partial charge in [0.2, 0.25) is 0 Å². The molecule has 0 bridgehead atoms. The monoisotopic (exact) mass is 248 g/mol. The molecule has 4 heteroatoms. The predicted octanol–water partition coefficient (Wildman–Crippen LogP) is 3.19. The van der Waals surface area contributed by atoms with Gasteiger partial charge >= 0.3 is 5.97 Å². The molecule has 1 aromatic heterocycles. The second kappa shape index (κ2) is 4.67. The number of rotatable bonds is 4. The molecule has 1 heterocycles. The maximum Gasteiger partial charge on any atom is 0.306 e. The molecular weight excluding hydrogens is 236 g/mol. The van der Waals surface area contributed by atoms with Crippen LogP contribution in [0.5, 0.6) is 0 Å². The Morgan fingerprint density at radius 2 is 2.06 bits per heavy atom. The first kappa shape index (κ1) is 11.8. The van der Waals surface area contributed by atoms with Gasteiger partial charge in [0.15, 0.2) is 5.78 Å². The van der Waals surface area contributed by atoms with Crippen molar-refractivity contribution in [2.45, 2.75) is 13.3 Å². The Morgan fingerprint density at radius 3 is 2.76 bits per heavy atom. The van der Waals surface area contributed by atoms with Crippen molar-refractivity contribution in [1.82, 2.24) is 0 Å². The van der Waals surface area contributed by atoms with Crippen LogP contribution in [0.1, 0.15) is 23.7 Å². The van der Waals surface area contributed by atoms with Crippen molar-refractivity contribution in [1.29, 1.82) is 0 Å². The number of hydrogen-bond acceptors (Lipinski definition) is 3. The zero-order valence-electron chi connectivity index (χ0n) is 9.34. The van der Waals surface area contributed by atoms with Crippen LogP contribution in [0.3, 0.4) is 0 Å². The average Bonchev–Trinajstić information content (AvgIpc) is 2.72. The molecule has 0 aliphatic carbocycles. The van der Waals surface area contributed by atoms with Crippen LogP contribution < -0.4 is 0 Å². The number of hydrogen-bond donors (Lipinski definition) is 1. The summed E-state index contributed by atoms with van der Waals surface area (Å²) in [6.45, 7) is 1.55. The smallest absolute Gasteiger partial charge is 0.306 e. The van der Waals surface area contributed by atoms with Gasteiger partial charge in [0.25, 0.3) is 0 Å². The Morgan fingerprint density at radius 1 is 1.35 bits per heavy atom. The van der Waals surface area contributed by atoms with Gasteiger partial charge in [-0.15, -0.1) is 11.3 Å². The van der Waals surface area contributed by atoms with Crippen LogP contribution in [-0.2, 0) is 4.79 Å². The molecule has 0 saturated carbocycles. The highest BCUT2D eigenvalue weighted by Gasteiger charge is 2.19. The molecule has 3 nitrogen and oxygen atoms in total. The number of fused-ring (bicyclic) bond motifs is 1. The van der Waals surface area contributed by atoms with E-state index in [1.165, 1.54) is 11.3 Å². The van der Waals surface area contributed by atoms with Gasteiger partial charge in [-0.2, -0.15) is 0 Å². The standard InChI is InChI=1S/C13H12O3S/c1-8(13(15)16)6-11(14)10-7-17-12-5-3-2-4-9(10)12/h2-5,7-8H,6H2,1H3,(H,15,16). The van der Waals surface area contributed by atoms with E-state index in [0.29, 0.717) is 5.56 Å². The number of carbonyl (C=O) groups excluding carboxylic acids is 1. The summed E-state index contributed by atoms with van der Waals surface area (Å²) in [6, 6.07) is 7.65. The van der Waals surface area contributed by atoms with Gasteiger partial charge in [-0.05, 0) is 6.07 Å². The summed E-state index contributed by atoms with van der Waals surface area (Å²) in [5, 5.41) is 11.5. The van der Waals surface area contributed by atoms with E-state index in [9.17, 15) is 9.59 Å². The molecule has 1 unspecified atom stereocenters. The lowest BCUT2D eigenvalue weighted by atomic mass is 9.99. The normalized spacial score (nSPS) is 12.5. The molecule has 0 amide bonds. The molecule has 0 radical (unpaired) electrons. The second-order valence-electron chi connectivity index (χ2n) is 4.01. The third-order valence-electron chi connectivity index (χ3n) is 2.69. The fraction of sp³-hybridized carbons (Fsp3) is 0.231. The highest BCUT2D eigenvalue weighted by atomic mass is 32.1. The highest BCUT2D eigenvalue weighted by Crippen LogP contribution is 2.27. The Hall–Kier alpha value is -1.68. The first-order chi connectivity index (χ1) is 8.09. The van der Waals surface area contributed by atoms with Crippen molar-refractivity contribution >= 4 is 33.2 Å². The summed E-state index contributed by atoms with van der Waals surface area (Å²) in [6.07, 6.45) is 0.0516. The zero-order chi connectivity index (χ0) is 12.4. The summed E-state index contributed by atoms with van der Waals surface area (Å²) in [4.78, 5) is 22.7. The van der Waals surface area contributed by atoms with E-state index in [4.69, 9.17) is 5.11 Å². The van der Waals surface area contributed by atoms with Crippen molar-refractivity contribution < 1.29 is 14.7 Å². The quantitative estimate of drug-likeness (QED) is 0.845. The number of ketones is 1.